The lowest BCUT2D eigenvalue weighted by Crippen LogP contribution is -2.38. The summed E-state index contributed by atoms with van der Waals surface area (Å²) in [4.78, 5) is 0.213. The monoisotopic (exact) mass is 344 g/mol. The molecule has 0 unspecified atom stereocenters. The molecule has 3 rings (SSSR count). The van der Waals surface area contributed by atoms with Gasteiger partial charge in [0, 0.05) is 11.6 Å². The van der Waals surface area contributed by atoms with Crippen molar-refractivity contribution in [1.82, 2.24) is 4.72 Å². The molecule has 1 aromatic rings. The van der Waals surface area contributed by atoms with Gasteiger partial charge in [0.1, 0.15) is 9.88 Å². The smallest absolute Gasteiger partial charge is 0.242 e. The normalized spacial score (nSPS) is 19.0. The molecule has 2 saturated carbocycles. The van der Waals surface area contributed by atoms with Crippen molar-refractivity contribution < 1.29 is 8.42 Å². The van der Waals surface area contributed by atoms with Crippen LogP contribution in [0.4, 0.5) is 0 Å². The lowest BCUT2D eigenvalue weighted by atomic mass is 10.1. The zero-order valence-electron chi connectivity index (χ0n) is 11.4. The second-order valence-corrected chi connectivity index (χ2v) is 8.36. The second kappa shape index (κ2) is 5.50. The van der Waals surface area contributed by atoms with Crippen LogP contribution in [0.3, 0.4) is 0 Å². The summed E-state index contributed by atoms with van der Waals surface area (Å²) < 4.78 is 28.1. The molecule has 0 heterocycles. The summed E-state index contributed by atoms with van der Waals surface area (Å²) in [7, 11) is -3.65. The molecule has 7 heteroatoms. The molecule has 114 valence electrons. The van der Waals surface area contributed by atoms with E-state index in [1.54, 1.807) is 6.07 Å². The minimum Gasteiger partial charge on any atom is -0.389 e. The third kappa shape index (κ3) is 3.39. The van der Waals surface area contributed by atoms with Gasteiger partial charge in [-0.05, 0) is 49.7 Å². The summed E-state index contributed by atoms with van der Waals surface area (Å²) in [6.07, 6.45) is 4.41. The number of sulfonamides is 1. The molecule has 1 aromatic carbocycles. The number of thiocarbonyl (C=S) groups is 1. The van der Waals surface area contributed by atoms with Crippen LogP contribution in [0.25, 0.3) is 0 Å². The molecular formula is C14H17ClN2O2S2. The van der Waals surface area contributed by atoms with E-state index in [0.29, 0.717) is 17.4 Å². The van der Waals surface area contributed by atoms with Gasteiger partial charge in [-0.3, -0.25) is 0 Å². The highest BCUT2D eigenvalue weighted by atomic mass is 35.5. The molecule has 2 aliphatic carbocycles. The Labute approximate surface area is 135 Å². The van der Waals surface area contributed by atoms with Crippen LogP contribution >= 0.6 is 23.8 Å². The lowest BCUT2D eigenvalue weighted by Gasteiger charge is -2.18. The SMILES string of the molecule is NC(=S)c1ccc(Cl)c(S(=O)(=O)NC(C2CC2)C2CC2)c1. The van der Waals surface area contributed by atoms with Crippen LogP contribution in [0.1, 0.15) is 31.2 Å². The highest BCUT2D eigenvalue weighted by molar-refractivity contribution is 7.89. The predicted octanol–water partition coefficient (Wildman–Crippen LogP) is 2.44. The number of nitrogens with one attached hydrogen (secondary N) is 1. The van der Waals surface area contributed by atoms with Crippen molar-refractivity contribution in [2.45, 2.75) is 36.6 Å². The van der Waals surface area contributed by atoms with Crippen LogP contribution in [-0.2, 0) is 10.0 Å². The first-order valence-corrected chi connectivity index (χ1v) is 9.27. The first-order chi connectivity index (χ1) is 9.88. The van der Waals surface area contributed by atoms with E-state index in [9.17, 15) is 8.42 Å². The summed E-state index contributed by atoms with van der Waals surface area (Å²) in [5.41, 5.74) is 6.07. The molecule has 2 aliphatic rings. The third-order valence-corrected chi connectivity index (χ3v) is 6.23. The van der Waals surface area contributed by atoms with Crippen molar-refractivity contribution in [2.75, 3.05) is 0 Å². The topological polar surface area (TPSA) is 72.2 Å². The zero-order chi connectivity index (χ0) is 15.2. The van der Waals surface area contributed by atoms with E-state index in [1.807, 2.05) is 0 Å². The molecule has 0 spiro atoms. The maximum Gasteiger partial charge on any atom is 0.242 e. The van der Waals surface area contributed by atoms with E-state index >= 15 is 0 Å². The Hall–Kier alpha value is -0.690. The molecular weight excluding hydrogens is 328 g/mol. The molecule has 3 N–H and O–H groups in total. The van der Waals surface area contributed by atoms with Crippen LogP contribution in [-0.4, -0.2) is 19.4 Å². The Balaban J connectivity index is 1.90. The van der Waals surface area contributed by atoms with E-state index in [-0.39, 0.29) is 20.9 Å². The summed E-state index contributed by atoms with van der Waals surface area (Å²) in [6.45, 7) is 0. The molecule has 0 saturated heterocycles. The van der Waals surface area contributed by atoms with Gasteiger partial charge < -0.3 is 5.73 Å². The summed E-state index contributed by atoms with van der Waals surface area (Å²) in [6, 6.07) is 4.64. The quantitative estimate of drug-likeness (QED) is 0.777. The molecule has 0 bridgehead atoms. The number of rotatable bonds is 6. The van der Waals surface area contributed by atoms with Gasteiger partial charge in [-0.15, -0.1) is 0 Å². The van der Waals surface area contributed by atoms with E-state index in [2.05, 4.69) is 4.72 Å². The molecule has 0 atom stereocenters. The van der Waals surface area contributed by atoms with Crippen LogP contribution in [0.5, 0.6) is 0 Å². The fraction of sp³-hybridized carbons (Fsp3) is 0.500. The first-order valence-electron chi connectivity index (χ1n) is 7.00. The van der Waals surface area contributed by atoms with E-state index in [0.717, 1.165) is 25.7 Å². The predicted molar refractivity (Wildman–Crippen MR) is 86.9 cm³/mol. The molecule has 0 aromatic heterocycles. The zero-order valence-corrected chi connectivity index (χ0v) is 13.8. The number of hydrogen-bond donors (Lipinski definition) is 2. The number of benzene rings is 1. The van der Waals surface area contributed by atoms with Gasteiger partial charge in [0.15, 0.2) is 0 Å². The molecule has 21 heavy (non-hydrogen) atoms. The van der Waals surface area contributed by atoms with Gasteiger partial charge in [0.2, 0.25) is 10.0 Å². The standard InChI is InChI=1S/C14H17ClN2O2S2/c15-11-6-5-10(14(16)20)7-12(11)21(18,19)17-13(8-1-2-8)9-3-4-9/h5-9,13,17H,1-4H2,(H2,16,20). The average Bonchev–Trinajstić information content (AvgIpc) is 3.28. The minimum absolute atomic E-state index is 0.0413. The van der Waals surface area contributed by atoms with Gasteiger partial charge in [-0.1, -0.05) is 29.9 Å². The second-order valence-electron chi connectivity index (χ2n) is 5.83. The highest BCUT2D eigenvalue weighted by Crippen LogP contribution is 2.45. The van der Waals surface area contributed by atoms with Crippen molar-refractivity contribution in [3.05, 3.63) is 28.8 Å². The van der Waals surface area contributed by atoms with Gasteiger partial charge >= 0.3 is 0 Å². The summed E-state index contributed by atoms with van der Waals surface area (Å²) in [5, 5.41) is 0.188. The Morgan fingerprint density at radius 2 is 1.86 bits per heavy atom. The molecule has 0 amide bonds. The van der Waals surface area contributed by atoms with E-state index in [1.165, 1.54) is 12.1 Å². The molecule has 0 radical (unpaired) electrons. The fourth-order valence-corrected chi connectivity index (χ4v) is 4.62. The fourth-order valence-electron chi connectivity index (χ4n) is 2.59. The van der Waals surface area contributed by atoms with Crippen molar-refractivity contribution in [1.29, 1.82) is 0 Å². The molecule has 4 nitrogen and oxygen atoms in total. The van der Waals surface area contributed by atoms with Crippen LogP contribution in [0.2, 0.25) is 5.02 Å². The highest BCUT2D eigenvalue weighted by Gasteiger charge is 2.43. The van der Waals surface area contributed by atoms with Crippen LogP contribution in [0.15, 0.2) is 23.1 Å². The number of halogens is 1. The van der Waals surface area contributed by atoms with Crippen LogP contribution < -0.4 is 10.5 Å². The maximum absolute atomic E-state index is 12.6. The van der Waals surface area contributed by atoms with Gasteiger partial charge in [0.05, 0.1) is 5.02 Å². The van der Waals surface area contributed by atoms with Crippen molar-refractivity contribution in [2.24, 2.45) is 17.6 Å². The van der Waals surface area contributed by atoms with Crippen molar-refractivity contribution in [3.8, 4) is 0 Å². The van der Waals surface area contributed by atoms with E-state index in [4.69, 9.17) is 29.6 Å². The Kier molecular flexibility index (Phi) is 3.98. The largest absolute Gasteiger partial charge is 0.389 e. The third-order valence-electron chi connectivity index (χ3n) is 4.06. The minimum atomic E-state index is -3.65. The Morgan fingerprint density at radius 1 is 1.29 bits per heavy atom. The maximum atomic E-state index is 12.6. The molecule has 2 fully saturated rings. The number of hydrogen-bond acceptors (Lipinski definition) is 3. The molecule has 0 aliphatic heterocycles. The van der Waals surface area contributed by atoms with Gasteiger partial charge in [0.25, 0.3) is 0 Å². The van der Waals surface area contributed by atoms with Gasteiger partial charge in [-0.25, -0.2) is 13.1 Å². The first kappa shape index (κ1) is 15.2. The lowest BCUT2D eigenvalue weighted by molar-refractivity contribution is 0.471. The van der Waals surface area contributed by atoms with Crippen molar-refractivity contribution in [3.63, 3.8) is 0 Å². The average molecular weight is 345 g/mol. The Bertz CT molecular complexity index is 670. The summed E-state index contributed by atoms with van der Waals surface area (Å²) >= 11 is 11.0. The Morgan fingerprint density at radius 3 is 2.33 bits per heavy atom. The number of nitrogens with two attached hydrogens (primary N) is 1. The summed E-state index contributed by atoms with van der Waals surface area (Å²) in [5.74, 6) is 0.953. The van der Waals surface area contributed by atoms with Gasteiger partial charge in [-0.2, -0.15) is 0 Å². The van der Waals surface area contributed by atoms with Crippen molar-refractivity contribution >= 4 is 38.8 Å². The van der Waals surface area contributed by atoms with Crippen LogP contribution in [0, 0.1) is 11.8 Å². The van der Waals surface area contributed by atoms with E-state index < -0.39 is 10.0 Å².